The molecule has 1 aromatic rings. The van der Waals surface area contributed by atoms with Crippen molar-refractivity contribution in [2.75, 3.05) is 26.7 Å². The van der Waals surface area contributed by atoms with Crippen molar-refractivity contribution in [2.45, 2.75) is 51.5 Å². The quantitative estimate of drug-likeness (QED) is 0.630. The molecule has 0 unspecified atom stereocenters. The summed E-state index contributed by atoms with van der Waals surface area (Å²) in [4.78, 5) is 27.3. The molecule has 5 heteroatoms. The van der Waals surface area contributed by atoms with Gasteiger partial charge in [-0.3, -0.25) is 9.59 Å². The first-order chi connectivity index (χ1) is 14.0. The molecule has 0 atom stereocenters. The van der Waals surface area contributed by atoms with E-state index >= 15 is 0 Å². The molecule has 0 spiro atoms. The number of rotatable bonds is 9. The highest BCUT2D eigenvalue weighted by atomic mass is 16.2. The van der Waals surface area contributed by atoms with Crippen LogP contribution in [0.3, 0.4) is 0 Å². The van der Waals surface area contributed by atoms with Gasteiger partial charge in [0.05, 0.1) is 6.54 Å². The number of hydrogen-bond acceptors (Lipinski definition) is 3. The third-order valence-corrected chi connectivity index (χ3v) is 7.26. The average Bonchev–Trinajstić information content (AvgIpc) is 2.69. The summed E-state index contributed by atoms with van der Waals surface area (Å²) in [5.74, 6) is 2.29. The Balaban J connectivity index is 1.12. The minimum atomic E-state index is -0.171. The number of benzene rings is 1. The standard InChI is InChI=1S/C24H35N3O2/c1-27(17-18-6-3-2-4-7-18)9-5-8-25-22(28)16-26-23(29)24-13-19-10-20(14-24)12-21(11-19)15-24/h2-4,6-7,19-21H,5,8-17H2,1H3,(H,25,28)(H,26,29). The third-order valence-electron chi connectivity index (χ3n) is 7.26. The van der Waals surface area contributed by atoms with Gasteiger partial charge < -0.3 is 15.5 Å². The number of nitrogens with one attached hydrogen (secondary N) is 2. The molecule has 29 heavy (non-hydrogen) atoms. The highest BCUT2D eigenvalue weighted by Crippen LogP contribution is 2.60. The van der Waals surface area contributed by atoms with Crippen LogP contribution >= 0.6 is 0 Å². The van der Waals surface area contributed by atoms with Crippen molar-refractivity contribution in [1.82, 2.24) is 15.5 Å². The molecule has 2 amide bonds. The van der Waals surface area contributed by atoms with E-state index in [9.17, 15) is 9.59 Å². The van der Waals surface area contributed by atoms with E-state index in [1.54, 1.807) is 0 Å². The van der Waals surface area contributed by atoms with E-state index in [1.165, 1.54) is 24.8 Å². The van der Waals surface area contributed by atoms with E-state index in [-0.39, 0.29) is 23.8 Å². The molecule has 4 saturated carbocycles. The van der Waals surface area contributed by atoms with E-state index in [1.807, 2.05) is 6.07 Å². The van der Waals surface area contributed by atoms with Crippen molar-refractivity contribution in [2.24, 2.45) is 23.2 Å². The molecule has 5 nitrogen and oxygen atoms in total. The topological polar surface area (TPSA) is 61.4 Å². The third kappa shape index (κ3) is 5.00. The van der Waals surface area contributed by atoms with Crippen LogP contribution in [0, 0.1) is 23.2 Å². The van der Waals surface area contributed by atoms with Gasteiger partial charge in [-0.1, -0.05) is 30.3 Å². The molecular formula is C24H35N3O2. The maximum absolute atomic E-state index is 12.9. The molecule has 0 radical (unpaired) electrons. The molecule has 158 valence electrons. The minimum Gasteiger partial charge on any atom is -0.355 e. The van der Waals surface area contributed by atoms with Crippen molar-refractivity contribution in [1.29, 1.82) is 0 Å². The number of carbonyl (C=O) groups excluding carboxylic acids is 2. The van der Waals surface area contributed by atoms with E-state index in [0.29, 0.717) is 6.54 Å². The molecule has 4 fully saturated rings. The summed E-state index contributed by atoms with van der Waals surface area (Å²) in [6, 6.07) is 10.4. The normalized spacial score (nSPS) is 29.8. The number of carbonyl (C=O) groups is 2. The Bertz CT molecular complexity index is 683. The highest BCUT2D eigenvalue weighted by molar-refractivity contribution is 5.88. The lowest BCUT2D eigenvalue weighted by Gasteiger charge is -2.55. The first-order valence-electron chi connectivity index (χ1n) is 11.3. The van der Waals surface area contributed by atoms with Crippen molar-refractivity contribution < 1.29 is 9.59 Å². The van der Waals surface area contributed by atoms with E-state index in [4.69, 9.17) is 0 Å². The predicted octanol–water partition coefficient (Wildman–Crippen LogP) is 2.96. The van der Waals surface area contributed by atoms with Gasteiger partial charge in [0.1, 0.15) is 0 Å². The minimum absolute atomic E-state index is 0.0752. The van der Waals surface area contributed by atoms with E-state index in [0.717, 1.165) is 56.5 Å². The molecule has 5 rings (SSSR count). The van der Waals surface area contributed by atoms with Gasteiger partial charge >= 0.3 is 0 Å². The molecule has 2 N–H and O–H groups in total. The summed E-state index contributed by atoms with van der Waals surface area (Å²) in [6.07, 6.45) is 8.00. The van der Waals surface area contributed by atoms with E-state index < -0.39 is 0 Å². The molecule has 4 bridgehead atoms. The second-order valence-corrected chi connectivity index (χ2v) is 9.81. The highest BCUT2D eigenvalue weighted by Gasteiger charge is 2.54. The van der Waals surface area contributed by atoms with E-state index in [2.05, 4.69) is 46.8 Å². The van der Waals surface area contributed by atoms with Gasteiger partial charge in [-0.05, 0) is 81.9 Å². The van der Waals surface area contributed by atoms with Crippen LogP contribution in [-0.4, -0.2) is 43.4 Å². The molecule has 1 aromatic carbocycles. The van der Waals surface area contributed by atoms with Crippen LogP contribution in [0.25, 0.3) is 0 Å². The summed E-state index contributed by atoms with van der Waals surface area (Å²) in [6.45, 7) is 2.59. The molecular weight excluding hydrogens is 362 g/mol. The van der Waals surface area contributed by atoms with Crippen molar-refractivity contribution in [3.63, 3.8) is 0 Å². The second kappa shape index (κ2) is 8.86. The fraction of sp³-hybridized carbons (Fsp3) is 0.667. The largest absolute Gasteiger partial charge is 0.355 e. The van der Waals surface area contributed by atoms with Crippen LogP contribution in [0.4, 0.5) is 0 Å². The summed E-state index contributed by atoms with van der Waals surface area (Å²) >= 11 is 0. The Labute approximate surface area is 174 Å². The van der Waals surface area contributed by atoms with Gasteiger partial charge in [0.2, 0.25) is 11.8 Å². The van der Waals surface area contributed by atoms with Crippen LogP contribution in [0.5, 0.6) is 0 Å². The van der Waals surface area contributed by atoms with Crippen molar-refractivity contribution >= 4 is 11.8 Å². The Kier molecular flexibility index (Phi) is 6.23. The van der Waals surface area contributed by atoms with Gasteiger partial charge in [-0.15, -0.1) is 0 Å². The van der Waals surface area contributed by atoms with Gasteiger partial charge in [0.15, 0.2) is 0 Å². The van der Waals surface area contributed by atoms with Gasteiger partial charge in [0, 0.05) is 18.5 Å². The molecule has 0 heterocycles. The Morgan fingerprint density at radius 1 is 1.00 bits per heavy atom. The molecule has 4 aliphatic rings. The smallest absolute Gasteiger partial charge is 0.239 e. The zero-order chi connectivity index (χ0) is 20.3. The first kappa shape index (κ1) is 20.4. The Hall–Kier alpha value is -1.88. The lowest BCUT2D eigenvalue weighted by molar-refractivity contribution is -0.147. The van der Waals surface area contributed by atoms with Gasteiger partial charge in [0.25, 0.3) is 0 Å². The molecule has 0 aliphatic heterocycles. The molecule has 0 aromatic heterocycles. The lowest BCUT2D eigenvalue weighted by Crippen LogP contribution is -2.54. The second-order valence-electron chi connectivity index (χ2n) is 9.81. The average molecular weight is 398 g/mol. The SMILES string of the molecule is CN(CCCNC(=O)CNC(=O)C12CC3CC(CC(C3)C1)C2)Cc1ccccc1. The Morgan fingerprint density at radius 2 is 1.62 bits per heavy atom. The lowest BCUT2D eigenvalue weighted by atomic mass is 9.49. The Morgan fingerprint density at radius 3 is 2.24 bits per heavy atom. The van der Waals surface area contributed by atoms with Crippen LogP contribution in [-0.2, 0) is 16.1 Å². The fourth-order valence-electron chi connectivity index (χ4n) is 6.35. The van der Waals surface area contributed by atoms with Crippen LogP contribution in [0.2, 0.25) is 0 Å². The van der Waals surface area contributed by atoms with Crippen molar-refractivity contribution in [3.05, 3.63) is 35.9 Å². The fourth-order valence-corrected chi connectivity index (χ4v) is 6.35. The summed E-state index contributed by atoms with van der Waals surface area (Å²) in [5, 5.41) is 5.91. The van der Waals surface area contributed by atoms with Crippen LogP contribution < -0.4 is 10.6 Å². The number of amides is 2. The first-order valence-corrected chi connectivity index (χ1v) is 11.3. The monoisotopic (exact) mass is 397 g/mol. The number of nitrogens with zero attached hydrogens (tertiary/aromatic N) is 1. The zero-order valence-corrected chi connectivity index (χ0v) is 17.7. The zero-order valence-electron chi connectivity index (χ0n) is 17.7. The predicted molar refractivity (Wildman–Crippen MR) is 114 cm³/mol. The number of hydrogen-bond donors (Lipinski definition) is 2. The summed E-state index contributed by atoms with van der Waals surface area (Å²) in [5.41, 5.74) is 1.13. The maximum Gasteiger partial charge on any atom is 0.239 e. The summed E-state index contributed by atoms with van der Waals surface area (Å²) in [7, 11) is 2.10. The maximum atomic E-state index is 12.9. The van der Waals surface area contributed by atoms with Gasteiger partial charge in [-0.25, -0.2) is 0 Å². The molecule has 0 saturated heterocycles. The van der Waals surface area contributed by atoms with Crippen molar-refractivity contribution in [3.8, 4) is 0 Å². The van der Waals surface area contributed by atoms with Gasteiger partial charge in [-0.2, -0.15) is 0 Å². The molecule has 4 aliphatic carbocycles. The van der Waals surface area contributed by atoms with Crippen LogP contribution in [0.1, 0.15) is 50.5 Å². The van der Waals surface area contributed by atoms with Crippen LogP contribution in [0.15, 0.2) is 30.3 Å². The summed E-state index contributed by atoms with van der Waals surface area (Å²) < 4.78 is 0.